The Balaban J connectivity index is 2.20. The average molecular weight is 284 g/mol. The van der Waals surface area contributed by atoms with Gasteiger partial charge >= 0.3 is 0 Å². The number of hydrogen-bond donors (Lipinski definition) is 4. The summed E-state index contributed by atoms with van der Waals surface area (Å²) in [5, 5.41) is 15.2. The van der Waals surface area contributed by atoms with Crippen LogP contribution in [0.15, 0.2) is 0 Å². The summed E-state index contributed by atoms with van der Waals surface area (Å²) in [6.07, 6.45) is -1.05. The molecule has 1 spiro atoms. The van der Waals surface area contributed by atoms with Gasteiger partial charge in [0.05, 0.1) is 18.7 Å². The SMILES string of the molecule is CNC1C(=O)NC2(CN([C@H](C(N)=O)[C@@H](C)O)C2=O)C1C. The lowest BCUT2D eigenvalue weighted by Gasteiger charge is -2.51. The first-order valence-corrected chi connectivity index (χ1v) is 6.54. The van der Waals surface area contributed by atoms with Gasteiger partial charge in [-0.1, -0.05) is 6.92 Å². The molecule has 2 aliphatic rings. The van der Waals surface area contributed by atoms with Crippen LogP contribution in [0.3, 0.4) is 0 Å². The molecule has 2 saturated heterocycles. The summed E-state index contributed by atoms with van der Waals surface area (Å²) in [6.45, 7) is 3.38. The molecule has 5 N–H and O–H groups in total. The van der Waals surface area contributed by atoms with Gasteiger partial charge in [0.2, 0.25) is 11.8 Å². The minimum atomic E-state index is -1.06. The third kappa shape index (κ3) is 1.79. The van der Waals surface area contributed by atoms with Crippen molar-refractivity contribution >= 4 is 17.7 Å². The third-order valence-electron chi connectivity index (χ3n) is 4.36. The maximum absolute atomic E-state index is 12.4. The summed E-state index contributed by atoms with van der Waals surface area (Å²) in [5.74, 6) is -1.61. The molecule has 0 aromatic heterocycles. The Bertz CT molecular complexity index is 466. The quantitative estimate of drug-likeness (QED) is 0.414. The fraction of sp³-hybridized carbons (Fsp3) is 0.750. The molecule has 0 bridgehead atoms. The molecule has 2 aliphatic heterocycles. The van der Waals surface area contributed by atoms with Gasteiger partial charge in [-0.15, -0.1) is 0 Å². The highest BCUT2D eigenvalue weighted by Crippen LogP contribution is 2.38. The van der Waals surface area contributed by atoms with E-state index >= 15 is 0 Å². The zero-order chi connectivity index (χ0) is 15.2. The van der Waals surface area contributed by atoms with Crippen LogP contribution in [0.4, 0.5) is 0 Å². The molecule has 5 atom stereocenters. The van der Waals surface area contributed by atoms with Gasteiger partial charge in [0, 0.05) is 5.92 Å². The Kier molecular flexibility index (Phi) is 3.47. The molecular formula is C12H20N4O4. The molecule has 2 fully saturated rings. The number of nitrogens with two attached hydrogens (primary N) is 1. The van der Waals surface area contributed by atoms with Crippen molar-refractivity contribution in [3.63, 3.8) is 0 Å². The molecule has 0 aromatic rings. The number of amides is 3. The number of carbonyl (C=O) groups excluding carboxylic acids is 3. The van der Waals surface area contributed by atoms with Crippen molar-refractivity contribution in [2.75, 3.05) is 13.6 Å². The van der Waals surface area contributed by atoms with Crippen LogP contribution in [-0.2, 0) is 14.4 Å². The van der Waals surface area contributed by atoms with Crippen molar-refractivity contribution in [2.45, 2.75) is 37.6 Å². The number of nitrogens with zero attached hydrogens (tertiary/aromatic N) is 1. The van der Waals surface area contributed by atoms with E-state index < -0.39 is 29.6 Å². The number of aliphatic hydroxyl groups excluding tert-OH is 1. The third-order valence-corrected chi connectivity index (χ3v) is 4.36. The first-order chi connectivity index (χ1) is 9.26. The van der Waals surface area contributed by atoms with Crippen molar-refractivity contribution in [3.8, 4) is 0 Å². The molecule has 2 rings (SSSR count). The maximum Gasteiger partial charge on any atom is 0.251 e. The molecule has 8 heteroatoms. The van der Waals surface area contributed by atoms with Crippen molar-refractivity contribution in [3.05, 3.63) is 0 Å². The summed E-state index contributed by atoms with van der Waals surface area (Å²) in [5.41, 5.74) is 4.23. The van der Waals surface area contributed by atoms with Crippen LogP contribution in [0.1, 0.15) is 13.8 Å². The number of rotatable bonds is 4. The lowest BCUT2D eigenvalue weighted by atomic mass is 9.76. The van der Waals surface area contributed by atoms with Gasteiger partial charge in [-0.2, -0.15) is 0 Å². The molecule has 3 unspecified atom stereocenters. The minimum absolute atomic E-state index is 0.176. The van der Waals surface area contributed by atoms with Crippen LogP contribution in [0.25, 0.3) is 0 Å². The van der Waals surface area contributed by atoms with Crippen molar-refractivity contribution in [1.29, 1.82) is 0 Å². The largest absolute Gasteiger partial charge is 0.391 e. The number of aliphatic hydroxyl groups is 1. The topological polar surface area (TPSA) is 125 Å². The van der Waals surface area contributed by atoms with Crippen LogP contribution < -0.4 is 16.4 Å². The average Bonchev–Trinajstić information content (AvgIpc) is 2.61. The number of primary amides is 1. The fourth-order valence-corrected chi connectivity index (χ4v) is 3.19. The zero-order valence-electron chi connectivity index (χ0n) is 11.7. The van der Waals surface area contributed by atoms with Gasteiger partial charge in [0.1, 0.15) is 11.6 Å². The predicted octanol–water partition coefficient (Wildman–Crippen LogP) is -2.84. The van der Waals surface area contributed by atoms with E-state index in [0.29, 0.717) is 0 Å². The number of likely N-dealkylation sites (tertiary alicyclic amines) is 1. The van der Waals surface area contributed by atoms with Crippen LogP contribution in [0.5, 0.6) is 0 Å². The van der Waals surface area contributed by atoms with Crippen molar-refractivity contribution in [2.24, 2.45) is 11.7 Å². The highest BCUT2D eigenvalue weighted by atomic mass is 16.3. The van der Waals surface area contributed by atoms with Gasteiger partial charge in [0.15, 0.2) is 0 Å². The van der Waals surface area contributed by atoms with E-state index in [1.165, 1.54) is 11.8 Å². The first-order valence-electron chi connectivity index (χ1n) is 6.54. The second-order valence-electron chi connectivity index (χ2n) is 5.54. The summed E-state index contributed by atoms with van der Waals surface area (Å²) in [4.78, 5) is 36.8. The number of carbonyl (C=O) groups is 3. The summed E-state index contributed by atoms with van der Waals surface area (Å²) < 4.78 is 0. The number of nitrogens with one attached hydrogen (secondary N) is 2. The van der Waals surface area contributed by atoms with Gasteiger partial charge in [0.25, 0.3) is 5.91 Å². The summed E-state index contributed by atoms with van der Waals surface area (Å²) >= 11 is 0. The standard InChI is InChI=1S/C12H20N4O4/c1-5-7(14-3)10(19)15-12(5)4-16(11(12)20)8(6(2)17)9(13)18/h5-8,14,17H,4H2,1-3H3,(H2,13,18)(H,15,19)/t5?,6-,7?,8+,12?/m1/s1. The maximum atomic E-state index is 12.4. The highest BCUT2D eigenvalue weighted by molar-refractivity contribution is 6.03. The second-order valence-corrected chi connectivity index (χ2v) is 5.54. The van der Waals surface area contributed by atoms with Crippen molar-refractivity contribution in [1.82, 2.24) is 15.5 Å². The van der Waals surface area contributed by atoms with E-state index in [0.717, 1.165) is 0 Å². The predicted molar refractivity (Wildman–Crippen MR) is 69.3 cm³/mol. The molecule has 3 amide bonds. The van der Waals surface area contributed by atoms with E-state index in [9.17, 15) is 19.5 Å². The lowest BCUT2D eigenvalue weighted by Crippen LogP contribution is -2.78. The molecule has 0 saturated carbocycles. The Hall–Kier alpha value is -1.67. The second kappa shape index (κ2) is 4.71. The van der Waals surface area contributed by atoms with Crippen LogP contribution >= 0.6 is 0 Å². The normalized spacial score (nSPS) is 35.7. The van der Waals surface area contributed by atoms with Crippen LogP contribution in [-0.4, -0.2) is 65.0 Å². The van der Waals surface area contributed by atoms with E-state index in [-0.39, 0.29) is 24.3 Å². The molecule has 8 nitrogen and oxygen atoms in total. The van der Waals surface area contributed by atoms with E-state index in [1.807, 2.05) is 0 Å². The smallest absolute Gasteiger partial charge is 0.251 e. The Morgan fingerprint density at radius 1 is 1.60 bits per heavy atom. The lowest BCUT2D eigenvalue weighted by molar-refractivity contribution is -0.166. The van der Waals surface area contributed by atoms with E-state index in [1.54, 1.807) is 14.0 Å². The number of likely N-dealkylation sites (N-methyl/N-ethyl adjacent to an activating group) is 1. The van der Waals surface area contributed by atoms with E-state index in [2.05, 4.69) is 10.6 Å². The van der Waals surface area contributed by atoms with Gasteiger partial charge in [-0.3, -0.25) is 14.4 Å². The van der Waals surface area contributed by atoms with E-state index in [4.69, 9.17) is 5.73 Å². The fourth-order valence-electron chi connectivity index (χ4n) is 3.19. The molecule has 0 radical (unpaired) electrons. The van der Waals surface area contributed by atoms with Gasteiger partial charge < -0.3 is 26.4 Å². The molecule has 2 heterocycles. The number of β-lactam (4-membered cyclic amide) rings is 1. The minimum Gasteiger partial charge on any atom is -0.391 e. The Morgan fingerprint density at radius 2 is 2.20 bits per heavy atom. The highest BCUT2D eigenvalue weighted by Gasteiger charge is 2.65. The summed E-state index contributed by atoms with van der Waals surface area (Å²) in [6, 6.07) is -1.51. The number of hydrogen-bond acceptors (Lipinski definition) is 5. The molecule has 0 aliphatic carbocycles. The first kappa shape index (κ1) is 14.7. The Morgan fingerprint density at radius 3 is 2.55 bits per heavy atom. The molecular weight excluding hydrogens is 264 g/mol. The van der Waals surface area contributed by atoms with Gasteiger partial charge in [-0.25, -0.2) is 0 Å². The molecule has 0 aromatic carbocycles. The summed E-state index contributed by atoms with van der Waals surface area (Å²) in [7, 11) is 1.66. The van der Waals surface area contributed by atoms with Gasteiger partial charge in [-0.05, 0) is 14.0 Å². The Labute approximate surface area is 116 Å². The molecule has 112 valence electrons. The van der Waals surface area contributed by atoms with Crippen LogP contribution in [0.2, 0.25) is 0 Å². The molecule has 20 heavy (non-hydrogen) atoms. The zero-order valence-corrected chi connectivity index (χ0v) is 11.7. The van der Waals surface area contributed by atoms with Crippen LogP contribution in [0, 0.1) is 5.92 Å². The van der Waals surface area contributed by atoms with Crippen molar-refractivity contribution < 1.29 is 19.5 Å². The monoisotopic (exact) mass is 284 g/mol.